The van der Waals surface area contributed by atoms with E-state index in [1.807, 2.05) is 0 Å². The van der Waals surface area contributed by atoms with Crippen molar-refractivity contribution in [3.63, 3.8) is 0 Å². The first-order valence-corrected chi connectivity index (χ1v) is 13.6. The van der Waals surface area contributed by atoms with Crippen molar-refractivity contribution < 1.29 is 32.3 Å². The molecule has 1 aliphatic rings. The molecular weight excluding hydrogens is 506 g/mol. The maximum Gasteiger partial charge on any atom is 0.337 e. The molecule has 190 valence electrons. The summed E-state index contributed by atoms with van der Waals surface area (Å²) in [6, 6.07) is 10.5. The Balaban J connectivity index is 1.70. The van der Waals surface area contributed by atoms with Gasteiger partial charge in [-0.05, 0) is 62.2 Å². The zero-order chi connectivity index (χ0) is 25.9. The summed E-state index contributed by atoms with van der Waals surface area (Å²) < 4.78 is 38.9. The fraction of sp³-hybridized carbons (Fsp3) is 0.333. The molecule has 0 radical (unpaired) electrons. The number of hydrogen-bond donors (Lipinski definition) is 0. The Kier molecular flexibility index (Phi) is 7.67. The molecule has 1 aliphatic heterocycles. The van der Waals surface area contributed by atoms with Crippen LogP contribution in [-0.4, -0.2) is 61.9 Å². The topological polar surface area (TPSA) is 124 Å². The number of esters is 2. The van der Waals surface area contributed by atoms with Gasteiger partial charge < -0.3 is 14.0 Å². The van der Waals surface area contributed by atoms with Gasteiger partial charge >= 0.3 is 11.9 Å². The highest BCUT2D eigenvalue weighted by Crippen LogP contribution is 2.22. The molecule has 2 aromatic carbocycles. The Hall–Kier alpha value is -3.35. The SMILES string of the molecule is CCOC(=O)Cn1c(=NC(=O)c2ccc(S(=O)(=O)N3CCCC3)cc2)sc2cc(C(=O)OC)ccc21. The summed E-state index contributed by atoms with van der Waals surface area (Å²) in [5.74, 6) is -1.61. The van der Waals surface area contributed by atoms with Crippen LogP contribution in [0, 0.1) is 0 Å². The summed E-state index contributed by atoms with van der Waals surface area (Å²) in [5.41, 5.74) is 1.12. The van der Waals surface area contributed by atoms with E-state index in [1.54, 1.807) is 29.7 Å². The van der Waals surface area contributed by atoms with Gasteiger partial charge in [-0.25, -0.2) is 13.2 Å². The normalized spacial score (nSPS) is 14.8. The van der Waals surface area contributed by atoms with Crippen molar-refractivity contribution in [2.75, 3.05) is 26.8 Å². The number of aromatic nitrogens is 1. The maximum atomic E-state index is 13.0. The second-order valence-corrected chi connectivity index (χ2v) is 10.9. The number of rotatable bonds is 7. The molecule has 1 fully saturated rings. The highest BCUT2D eigenvalue weighted by Gasteiger charge is 2.27. The summed E-state index contributed by atoms with van der Waals surface area (Å²) in [6.45, 7) is 2.70. The third kappa shape index (κ3) is 5.25. The zero-order valence-electron chi connectivity index (χ0n) is 19.8. The van der Waals surface area contributed by atoms with E-state index in [9.17, 15) is 22.8 Å². The molecule has 3 aromatic rings. The number of hydrogen-bond acceptors (Lipinski definition) is 8. The van der Waals surface area contributed by atoms with Crippen molar-refractivity contribution in [1.29, 1.82) is 0 Å². The summed E-state index contributed by atoms with van der Waals surface area (Å²) in [5, 5.41) is 0. The molecule has 0 saturated carbocycles. The molecule has 1 aromatic heterocycles. The van der Waals surface area contributed by atoms with Crippen molar-refractivity contribution >= 4 is 49.4 Å². The predicted octanol–water partition coefficient (Wildman–Crippen LogP) is 2.58. The number of sulfonamides is 1. The van der Waals surface area contributed by atoms with Gasteiger partial charge in [-0.15, -0.1) is 0 Å². The predicted molar refractivity (Wildman–Crippen MR) is 132 cm³/mol. The molecule has 2 heterocycles. The highest BCUT2D eigenvalue weighted by atomic mass is 32.2. The monoisotopic (exact) mass is 531 g/mol. The molecule has 0 unspecified atom stereocenters. The van der Waals surface area contributed by atoms with Crippen LogP contribution in [0.3, 0.4) is 0 Å². The van der Waals surface area contributed by atoms with Gasteiger partial charge in [0, 0.05) is 18.7 Å². The number of amides is 1. The van der Waals surface area contributed by atoms with E-state index in [-0.39, 0.29) is 28.4 Å². The lowest BCUT2D eigenvalue weighted by Gasteiger charge is -2.15. The van der Waals surface area contributed by atoms with Crippen LogP contribution in [0.1, 0.15) is 40.5 Å². The van der Waals surface area contributed by atoms with Gasteiger partial charge in [0.1, 0.15) is 6.54 Å². The van der Waals surface area contributed by atoms with Gasteiger partial charge in [-0.2, -0.15) is 9.30 Å². The largest absolute Gasteiger partial charge is 0.465 e. The van der Waals surface area contributed by atoms with Crippen LogP contribution < -0.4 is 4.80 Å². The van der Waals surface area contributed by atoms with Crippen molar-refractivity contribution in [2.45, 2.75) is 31.2 Å². The van der Waals surface area contributed by atoms with E-state index in [4.69, 9.17) is 9.47 Å². The van der Waals surface area contributed by atoms with Gasteiger partial charge in [0.25, 0.3) is 5.91 Å². The van der Waals surface area contributed by atoms with Gasteiger partial charge in [-0.1, -0.05) is 11.3 Å². The number of nitrogens with zero attached hydrogens (tertiary/aromatic N) is 3. The van der Waals surface area contributed by atoms with Crippen LogP contribution in [0.4, 0.5) is 0 Å². The molecule has 0 atom stereocenters. The quantitative estimate of drug-likeness (QED) is 0.429. The summed E-state index contributed by atoms with van der Waals surface area (Å²) in [7, 11) is -2.32. The standard InChI is InChI=1S/C24H25N3O7S2/c1-3-34-21(28)15-27-19-11-8-17(23(30)33-2)14-20(19)35-24(27)25-22(29)16-6-9-18(10-7-16)36(31,32)26-12-4-5-13-26/h6-11,14H,3-5,12-13,15H2,1-2H3. The number of carbonyl (C=O) groups excluding carboxylic acids is 3. The lowest BCUT2D eigenvalue weighted by atomic mass is 10.2. The first kappa shape index (κ1) is 25.7. The minimum Gasteiger partial charge on any atom is -0.465 e. The summed E-state index contributed by atoms with van der Waals surface area (Å²) >= 11 is 1.13. The van der Waals surface area contributed by atoms with Crippen molar-refractivity contribution in [2.24, 2.45) is 4.99 Å². The van der Waals surface area contributed by atoms with Crippen LogP contribution in [0.2, 0.25) is 0 Å². The van der Waals surface area contributed by atoms with E-state index in [0.29, 0.717) is 28.9 Å². The van der Waals surface area contributed by atoms with E-state index in [2.05, 4.69) is 4.99 Å². The third-order valence-corrected chi connectivity index (χ3v) is 8.65. The zero-order valence-corrected chi connectivity index (χ0v) is 21.4. The number of benzene rings is 2. The van der Waals surface area contributed by atoms with E-state index in [1.165, 1.54) is 35.7 Å². The molecular formula is C24H25N3O7S2. The first-order chi connectivity index (χ1) is 17.2. The van der Waals surface area contributed by atoms with E-state index >= 15 is 0 Å². The number of carbonyl (C=O) groups is 3. The number of ether oxygens (including phenoxy) is 2. The Morgan fingerprint density at radius 2 is 1.69 bits per heavy atom. The molecule has 0 N–H and O–H groups in total. The number of thiazole rings is 1. The van der Waals surface area contributed by atoms with Crippen molar-refractivity contribution in [3.8, 4) is 0 Å². The number of methoxy groups -OCH3 is 1. The second kappa shape index (κ2) is 10.7. The Labute approximate surface area is 211 Å². The van der Waals surface area contributed by atoms with Crippen LogP contribution in [0.25, 0.3) is 10.2 Å². The minimum atomic E-state index is -3.60. The minimum absolute atomic E-state index is 0.121. The van der Waals surface area contributed by atoms with E-state index < -0.39 is 27.9 Å². The molecule has 1 saturated heterocycles. The second-order valence-electron chi connectivity index (χ2n) is 8.00. The average molecular weight is 532 g/mol. The smallest absolute Gasteiger partial charge is 0.337 e. The Morgan fingerprint density at radius 3 is 2.33 bits per heavy atom. The molecule has 10 nitrogen and oxygen atoms in total. The van der Waals surface area contributed by atoms with Gasteiger partial charge in [0.15, 0.2) is 4.80 Å². The molecule has 36 heavy (non-hydrogen) atoms. The van der Waals surface area contributed by atoms with Crippen LogP contribution >= 0.6 is 11.3 Å². The van der Waals surface area contributed by atoms with Gasteiger partial charge in [0.05, 0.1) is 34.4 Å². The van der Waals surface area contributed by atoms with E-state index in [0.717, 1.165) is 24.2 Å². The number of fused-ring (bicyclic) bond motifs is 1. The van der Waals surface area contributed by atoms with Crippen molar-refractivity contribution in [1.82, 2.24) is 8.87 Å². The molecule has 0 spiro atoms. The molecule has 1 amide bonds. The van der Waals surface area contributed by atoms with Gasteiger partial charge in [-0.3, -0.25) is 9.59 Å². The molecule has 0 aliphatic carbocycles. The fourth-order valence-corrected chi connectivity index (χ4v) is 6.47. The molecule has 4 rings (SSSR count). The maximum absolute atomic E-state index is 13.0. The third-order valence-electron chi connectivity index (χ3n) is 5.70. The summed E-state index contributed by atoms with van der Waals surface area (Å²) in [4.78, 5) is 41.7. The lowest BCUT2D eigenvalue weighted by molar-refractivity contribution is -0.143. The van der Waals surface area contributed by atoms with Crippen LogP contribution in [-0.2, 0) is 30.8 Å². The first-order valence-electron chi connectivity index (χ1n) is 11.3. The average Bonchev–Trinajstić information content (AvgIpc) is 3.53. The Bertz CT molecular complexity index is 1480. The van der Waals surface area contributed by atoms with Crippen LogP contribution in [0.5, 0.6) is 0 Å². The fourth-order valence-electron chi connectivity index (χ4n) is 3.89. The molecule has 12 heteroatoms. The van der Waals surface area contributed by atoms with Crippen LogP contribution in [0.15, 0.2) is 52.4 Å². The van der Waals surface area contributed by atoms with Gasteiger partial charge in [0.2, 0.25) is 10.0 Å². The van der Waals surface area contributed by atoms with Crippen molar-refractivity contribution in [3.05, 3.63) is 58.4 Å². The Morgan fingerprint density at radius 1 is 1.03 bits per heavy atom. The highest BCUT2D eigenvalue weighted by molar-refractivity contribution is 7.89. The lowest BCUT2D eigenvalue weighted by Crippen LogP contribution is -2.27. The molecule has 0 bridgehead atoms. The summed E-state index contributed by atoms with van der Waals surface area (Å²) in [6.07, 6.45) is 1.66.